The molecule has 0 radical (unpaired) electrons. The minimum absolute atomic E-state index is 0.0793. The normalized spacial score (nSPS) is 12.3. The van der Waals surface area contributed by atoms with E-state index in [9.17, 15) is 14.4 Å². The van der Waals surface area contributed by atoms with Crippen molar-refractivity contribution in [1.29, 1.82) is 0 Å². The maximum absolute atomic E-state index is 12.7. The van der Waals surface area contributed by atoms with Crippen LogP contribution < -0.4 is 0 Å². The number of carbonyl (C=O) groups is 3. The van der Waals surface area contributed by atoms with Gasteiger partial charge in [-0.1, -0.05) is 186 Å². The van der Waals surface area contributed by atoms with Crippen LogP contribution in [-0.2, 0) is 28.6 Å². The van der Waals surface area contributed by atoms with Gasteiger partial charge >= 0.3 is 17.9 Å². The Bertz CT molecular complexity index is 922. The summed E-state index contributed by atoms with van der Waals surface area (Å²) in [5.74, 6) is -0.901. The molecular weight excluding hydrogens is 673 g/mol. The van der Waals surface area contributed by atoms with Crippen molar-refractivity contribution in [3.05, 3.63) is 36.5 Å². The second-order valence-corrected chi connectivity index (χ2v) is 15.3. The molecule has 54 heavy (non-hydrogen) atoms. The third kappa shape index (κ3) is 40.8. The topological polar surface area (TPSA) is 78.9 Å². The Kier molecular flexibility index (Phi) is 41.5. The van der Waals surface area contributed by atoms with Gasteiger partial charge in [0, 0.05) is 19.3 Å². The zero-order valence-electron chi connectivity index (χ0n) is 35.7. The van der Waals surface area contributed by atoms with E-state index in [1.54, 1.807) is 0 Å². The Hall–Kier alpha value is -2.37. The molecule has 0 spiro atoms. The minimum atomic E-state index is -0.775. The van der Waals surface area contributed by atoms with Crippen LogP contribution in [0.15, 0.2) is 36.5 Å². The van der Waals surface area contributed by atoms with E-state index in [-0.39, 0.29) is 31.1 Å². The van der Waals surface area contributed by atoms with Crippen LogP contribution in [0.1, 0.15) is 233 Å². The standard InChI is InChI=1S/C48H86O6/c1-4-7-10-13-16-19-22-24-26-29-32-35-38-41-47(50)53-44-45(43-52-46(49)40-37-34-31-28-21-18-15-12-9-6-3)54-48(51)42-39-36-33-30-27-25-23-20-17-14-11-8-5-2/h10,12-13,15,19,22,45H,4-9,11,14,16-18,20-21,23-44H2,1-3H3/b13-10-,15-12-,22-19-. The van der Waals surface area contributed by atoms with Crippen molar-refractivity contribution < 1.29 is 28.6 Å². The van der Waals surface area contributed by atoms with Gasteiger partial charge in [-0.2, -0.15) is 0 Å². The van der Waals surface area contributed by atoms with Crippen molar-refractivity contribution >= 4 is 17.9 Å². The molecule has 0 N–H and O–H groups in total. The van der Waals surface area contributed by atoms with Crippen molar-refractivity contribution in [3.63, 3.8) is 0 Å². The van der Waals surface area contributed by atoms with E-state index in [0.29, 0.717) is 19.3 Å². The Morgan fingerprint density at radius 1 is 0.370 bits per heavy atom. The summed E-state index contributed by atoms with van der Waals surface area (Å²) in [7, 11) is 0. The zero-order chi connectivity index (χ0) is 39.4. The molecule has 0 aliphatic rings. The number of unbranched alkanes of at least 4 members (excludes halogenated alkanes) is 24. The molecule has 0 fully saturated rings. The van der Waals surface area contributed by atoms with Gasteiger partial charge < -0.3 is 14.2 Å². The Morgan fingerprint density at radius 2 is 0.704 bits per heavy atom. The third-order valence-electron chi connectivity index (χ3n) is 9.83. The SMILES string of the molecule is CCC/C=C\C/C=C\CCCCCCCC(=O)OCC(COC(=O)CCCCCCC/C=C\CCC)OC(=O)CCCCCCCCCCCCCCC. The summed E-state index contributed by atoms with van der Waals surface area (Å²) in [6.45, 7) is 6.49. The second kappa shape index (κ2) is 43.4. The van der Waals surface area contributed by atoms with E-state index in [0.717, 1.165) is 96.3 Å². The molecule has 0 aromatic rings. The number of rotatable bonds is 41. The predicted molar refractivity (Wildman–Crippen MR) is 229 cm³/mol. The second-order valence-electron chi connectivity index (χ2n) is 15.3. The number of esters is 3. The molecule has 6 nitrogen and oxygen atoms in total. The van der Waals surface area contributed by atoms with Crippen LogP contribution in [0.3, 0.4) is 0 Å². The number of ether oxygens (including phenoxy) is 3. The molecule has 0 saturated carbocycles. The van der Waals surface area contributed by atoms with Crippen LogP contribution in [-0.4, -0.2) is 37.2 Å². The smallest absolute Gasteiger partial charge is 0.306 e. The summed E-state index contributed by atoms with van der Waals surface area (Å²) in [6.07, 6.45) is 48.4. The largest absolute Gasteiger partial charge is 0.462 e. The molecule has 0 bridgehead atoms. The summed E-state index contributed by atoms with van der Waals surface area (Å²) in [4.78, 5) is 37.7. The molecule has 314 valence electrons. The first-order chi connectivity index (χ1) is 26.5. The van der Waals surface area contributed by atoms with Crippen molar-refractivity contribution in [3.8, 4) is 0 Å². The van der Waals surface area contributed by atoms with Gasteiger partial charge in [0.2, 0.25) is 0 Å². The number of hydrogen-bond acceptors (Lipinski definition) is 6. The van der Waals surface area contributed by atoms with Crippen LogP contribution in [0, 0.1) is 0 Å². The van der Waals surface area contributed by atoms with Crippen LogP contribution in [0.4, 0.5) is 0 Å². The molecule has 0 aliphatic carbocycles. The summed E-state index contributed by atoms with van der Waals surface area (Å²) in [5.41, 5.74) is 0. The lowest BCUT2D eigenvalue weighted by Crippen LogP contribution is -2.30. The summed E-state index contributed by atoms with van der Waals surface area (Å²) in [5, 5.41) is 0. The van der Waals surface area contributed by atoms with Crippen LogP contribution in [0.2, 0.25) is 0 Å². The first kappa shape index (κ1) is 51.6. The molecular formula is C48H86O6. The molecule has 0 saturated heterocycles. The first-order valence-corrected chi connectivity index (χ1v) is 23.0. The summed E-state index contributed by atoms with van der Waals surface area (Å²) in [6, 6.07) is 0. The van der Waals surface area contributed by atoms with Gasteiger partial charge in [0.15, 0.2) is 6.10 Å². The van der Waals surface area contributed by atoms with Crippen LogP contribution in [0.5, 0.6) is 0 Å². The Morgan fingerprint density at radius 3 is 1.13 bits per heavy atom. The molecule has 0 aromatic heterocycles. The van der Waals surface area contributed by atoms with Gasteiger partial charge in [0.25, 0.3) is 0 Å². The lowest BCUT2D eigenvalue weighted by atomic mass is 10.0. The van der Waals surface area contributed by atoms with E-state index in [1.807, 2.05) is 0 Å². The Balaban J connectivity index is 4.38. The van der Waals surface area contributed by atoms with Gasteiger partial charge in [0.1, 0.15) is 13.2 Å². The maximum Gasteiger partial charge on any atom is 0.306 e. The van der Waals surface area contributed by atoms with Crippen LogP contribution in [0.25, 0.3) is 0 Å². The van der Waals surface area contributed by atoms with E-state index < -0.39 is 6.10 Å². The molecule has 0 rings (SSSR count). The highest BCUT2D eigenvalue weighted by molar-refractivity contribution is 5.71. The van der Waals surface area contributed by atoms with Gasteiger partial charge in [-0.05, 0) is 64.2 Å². The molecule has 0 aromatic carbocycles. The summed E-state index contributed by atoms with van der Waals surface area (Å²) < 4.78 is 16.7. The van der Waals surface area contributed by atoms with E-state index >= 15 is 0 Å². The molecule has 0 amide bonds. The highest BCUT2D eigenvalue weighted by Crippen LogP contribution is 2.15. The monoisotopic (exact) mass is 759 g/mol. The molecule has 1 atom stereocenters. The fraction of sp³-hybridized carbons (Fsp3) is 0.812. The molecule has 0 aliphatic heterocycles. The fourth-order valence-electron chi connectivity index (χ4n) is 6.36. The third-order valence-corrected chi connectivity index (χ3v) is 9.83. The minimum Gasteiger partial charge on any atom is -0.462 e. The number of carbonyl (C=O) groups excluding carboxylic acids is 3. The highest BCUT2D eigenvalue weighted by Gasteiger charge is 2.19. The van der Waals surface area contributed by atoms with E-state index in [4.69, 9.17) is 14.2 Å². The van der Waals surface area contributed by atoms with E-state index in [1.165, 1.54) is 96.3 Å². The van der Waals surface area contributed by atoms with E-state index in [2.05, 4.69) is 57.2 Å². The zero-order valence-corrected chi connectivity index (χ0v) is 35.7. The molecule has 0 heterocycles. The van der Waals surface area contributed by atoms with Gasteiger partial charge in [-0.25, -0.2) is 0 Å². The van der Waals surface area contributed by atoms with Crippen molar-refractivity contribution in [1.82, 2.24) is 0 Å². The average Bonchev–Trinajstić information content (AvgIpc) is 3.17. The maximum atomic E-state index is 12.7. The van der Waals surface area contributed by atoms with Crippen molar-refractivity contribution in [2.75, 3.05) is 13.2 Å². The molecule has 1 unspecified atom stereocenters. The van der Waals surface area contributed by atoms with Gasteiger partial charge in [0.05, 0.1) is 0 Å². The Labute approximate surface area is 334 Å². The van der Waals surface area contributed by atoms with Gasteiger partial charge in [-0.3, -0.25) is 14.4 Å². The lowest BCUT2D eigenvalue weighted by molar-refractivity contribution is -0.167. The highest BCUT2D eigenvalue weighted by atomic mass is 16.6. The predicted octanol–water partition coefficient (Wildman–Crippen LogP) is 14.6. The lowest BCUT2D eigenvalue weighted by Gasteiger charge is -2.18. The fourth-order valence-corrected chi connectivity index (χ4v) is 6.36. The average molecular weight is 759 g/mol. The quantitative estimate of drug-likeness (QED) is 0.0267. The van der Waals surface area contributed by atoms with Crippen molar-refractivity contribution in [2.45, 2.75) is 239 Å². The number of hydrogen-bond donors (Lipinski definition) is 0. The first-order valence-electron chi connectivity index (χ1n) is 23.0. The summed E-state index contributed by atoms with van der Waals surface area (Å²) >= 11 is 0. The van der Waals surface area contributed by atoms with Gasteiger partial charge in [-0.15, -0.1) is 0 Å². The molecule has 6 heteroatoms. The van der Waals surface area contributed by atoms with Crippen LogP contribution >= 0.6 is 0 Å². The number of allylic oxidation sites excluding steroid dienone is 6. The van der Waals surface area contributed by atoms with Crippen molar-refractivity contribution in [2.24, 2.45) is 0 Å².